The zero-order valence-corrected chi connectivity index (χ0v) is 20.3. The predicted molar refractivity (Wildman–Crippen MR) is 133 cm³/mol. The summed E-state index contributed by atoms with van der Waals surface area (Å²) in [7, 11) is 0. The van der Waals surface area contributed by atoms with E-state index in [9.17, 15) is 18.0 Å². The quantitative estimate of drug-likeness (QED) is 0.249. The van der Waals surface area contributed by atoms with Crippen LogP contribution in [0, 0.1) is 6.92 Å². The van der Waals surface area contributed by atoms with Crippen molar-refractivity contribution in [3.63, 3.8) is 0 Å². The highest BCUT2D eigenvalue weighted by atomic mass is 35.5. The summed E-state index contributed by atoms with van der Waals surface area (Å²) in [5, 5.41) is 9.20. The van der Waals surface area contributed by atoms with Gasteiger partial charge in [0.05, 0.1) is 11.3 Å². The molecule has 0 fully saturated rings. The van der Waals surface area contributed by atoms with Crippen LogP contribution in [0.5, 0.6) is 23.0 Å². The number of benzene rings is 3. The highest BCUT2D eigenvalue weighted by molar-refractivity contribution is 6.30. The van der Waals surface area contributed by atoms with Crippen molar-refractivity contribution >= 4 is 17.6 Å². The van der Waals surface area contributed by atoms with Gasteiger partial charge in [-0.05, 0) is 79.1 Å². The van der Waals surface area contributed by atoms with E-state index in [0.29, 0.717) is 28.6 Å². The topological polar surface area (TPSA) is 68.7 Å². The number of hydrogen-bond acceptors (Lipinski definition) is 4. The molecule has 0 amide bonds. The molecule has 0 spiro atoms. The van der Waals surface area contributed by atoms with Crippen LogP contribution in [0.2, 0.25) is 5.02 Å². The molecule has 5 nitrogen and oxygen atoms in total. The van der Waals surface area contributed by atoms with Gasteiger partial charge in [-0.3, -0.25) is 9.78 Å². The standard InChI is InChI=1S/C28H21ClF3NO4/c1-17-12-21(8-5-18(17)6-10-27(34)35)36-22-14-20(29)15-23(16-22)37-26-9-7-19(28(30,31)32)13-24(26)25-4-2-3-11-33-25/h2-5,7-9,11-16H,6,10H2,1H3,(H,34,35). The normalized spacial score (nSPS) is 11.3. The number of halogens is 4. The molecule has 0 aliphatic rings. The van der Waals surface area contributed by atoms with Crippen LogP contribution in [0.4, 0.5) is 13.2 Å². The zero-order valence-electron chi connectivity index (χ0n) is 19.6. The van der Waals surface area contributed by atoms with Crippen molar-refractivity contribution in [1.82, 2.24) is 4.98 Å². The first-order valence-corrected chi connectivity index (χ1v) is 11.6. The van der Waals surface area contributed by atoms with Gasteiger partial charge in [0, 0.05) is 29.3 Å². The molecule has 0 unspecified atom stereocenters. The van der Waals surface area contributed by atoms with Gasteiger partial charge in [-0.2, -0.15) is 13.2 Å². The van der Waals surface area contributed by atoms with Crippen LogP contribution in [-0.4, -0.2) is 16.1 Å². The number of hydrogen-bond donors (Lipinski definition) is 1. The van der Waals surface area contributed by atoms with Crippen molar-refractivity contribution in [2.24, 2.45) is 0 Å². The summed E-state index contributed by atoms with van der Waals surface area (Å²) < 4.78 is 52.0. The summed E-state index contributed by atoms with van der Waals surface area (Å²) in [6.45, 7) is 1.86. The molecule has 37 heavy (non-hydrogen) atoms. The molecule has 3 aromatic carbocycles. The van der Waals surface area contributed by atoms with E-state index in [2.05, 4.69) is 4.98 Å². The number of rotatable bonds is 8. The first-order valence-electron chi connectivity index (χ1n) is 11.2. The third kappa shape index (κ3) is 6.80. The molecule has 0 bridgehead atoms. The molecule has 0 saturated heterocycles. The third-order valence-corrected chi connectivity index (χ3v) is 5.70. The fraction of sp³-hybridized carbons (Fsp3) is 0.143. The number of pyridine rings is 1. The Bertz CT molecular complexity index is 1430. The molecule has 1 aromatic heterocycles. The molecule has 4 aromatic rings. The maximum atomic E-state index is 13.4. The van der Waals surface area contributed by atoms with Gasteiger partial charge in [0.25, 0.3) is 0 Å². The summed E-state index contributed by atoms with van der Waals surface area (Å²) in [4.78, 5) is 15.0. The van der Waals surface area contributed by atoms with Crippen molar-refractivity contribution in [3.05, 3.63) is 101 Å². The third-order valence-electron chi connectivity index (χ3n) is 5.48. The van der Waals surface area contributed by atoms with Crippen LogP contribution in [-0.2, 0) is 17.4 Å². The molecule has 4 rings (SSSR count). The van der Waals surface area contributed by atoms with Crippen LogP contribution in [0.25, 0.3) is 11.3 Å². The smallest absolute Gasteiger partial charge is 0.416 e. The molecule has 0 aliphatic heterocycles. The summed E-state index contributed by atoms with van der Waals surface area (Å²) in [5.74, 6) is 0.415. The Morgan fingerprint density at radius 2 is 1.70 bits per heavy atom. The largest absolute Gasteiger partial charge is 0.481 e. The fourth-order valence-corrected chi connectivity index (χ4v) is 3.90. The monoisotopic (exact) mass is 527 g/mol. The van der Waals surface area contributed by atoms with Crippen molar-refractivity contribution < 1.29 is 32.5 Å². The summed E-state index contributed by atoms with van der Waals surface area (Å²) in [5.41, 5.74) is 1.44. The average molecular weight is 528 g/mol. The second-order valence-electron chi connectivity index (χ2n) is 8.23. The van der Waals surface area contributed by atoms with Crippen molar-refractivity contribution in [3.8, 4) is 34.3 Å². The van der Waals surface area contributed by atoms with Crippen LogP contribution in [0.3, 0.4) is 0 Å². The van der Waals surface area contributed by atoms with Gasteiger partial charge in [0.1, 0.15) is 23.0 Å². The number of nitrogens with zero attached hydrogens (tertiary/aromatic N) is 1. The second kappa shape index (κ2) is 10.9. The number of aromatic nitrogens is 1. The lowest BCUT2D eigenvalue weighted by Crippen LogP contribution is -2.05. The van der Waals surface area contributed by atoms with Crippen LogP contribution >= 0.6 is 11.6 Å². The minimum atomic E-state index is -4.53. The first-order chi connectivity index (χ1) is 17.6. The van der Waals surface area contributed by atoms with Gasteiger partial charge >= 0.3 is 12.1 Å². The molecule has 190 valence electrons. The molecular formula is C28H21ClF3NO4. The molecule has 0 saturated carbocycles. The minimum Gasteiger partial charge on any atom is -0.481 e. The molecule has 1 N–H and O–H groups in total. The van der Waals surface area contributed by atoms with E-state index in [1.807, 2.05) is 6.92 Å². The molecule has 0 radical (unpaired) electrons. The van der Waals surface area contributed by atoms with Gasteiger partial charge < -0.3 is 14.6 Å². The maximum Gasteiger partial charge on any atom is 0.416 e. The molecule has 1 heterocycles. The van der Waals surface area contributed by atoms with E-state index in [0.717, 1.165) is 23.3 Å². The average Bonchev–Trinajstić information content (AvgIpc) is 2.83. The molecule has 0 aliphatic carbocycles. The Balaban J connectivity index is 1.61. The van der Waals surface area contributed by atoms with E-state index in [-0.39, 0.29) is 23.5 Å². The Kier molecular flexibility index (Phi) is 7.69. The van der Waals surface area contributed by atoms with Gasteiger partial charge in [-0.25, -0.2) is 0 Å². The number of carboxylic acids is 1. The minimum absolute atomic E-state index is 0.0282. The first kappa shape index (κ1) is 26.0. The van der Waals surface area contributed by atoms with E-state index in [1.54, 1.807) is 48.5 Å². The highest BCUT2D eigenvalue weighted by Gasteiger charge is 2.31. The van der Waals surface area contributed by atoms with E-state index in [4.69, 9.17) is 26.2 Å². The SMILES string of the molecule is Cc1cc(Oc2cc(Cl)cc(Oc3ccc(C(F)(F)F)cc3-c3ccccn3)c2)ccc1CCC(=O)O. The second-order valence-corrected chi connectivity index (χ2v) is 8.67. The van der Waals surface area contributed by atoms with E-state index in [1.165, 1.54) is 18.3 Å². The lowest BCUT2D eigenvalue weighted by atomic mass is 10.0. The lowest BCUT2D eigenvalue weighted by molar-refractivity contribution is -0.138. The molecule has 0 atom stereocenters. The van der Waals surface area contributed by atoms with Gasteiger partial charge in [-0.1, -0.05) is 23.7 Å². The number of aryl methyl sites for hydroxylation is 2. The fourth-order valence-electron chi connectivity index (χ4n) is 3.69. The Morgan fingerprint density at radius 1 is 0.946 bits per heavy atom. The summed E-state index contributed by atoms with van der Waals surface area (Å²) in [6.07, 6.45) is -2.61. The Hall–Kier alpha value is -4.04. The maximum absolute atomic E-state index is 13.4. The van der Waals surface area contributed by atoms with Crippen LogP contribution < -0.4 is 9.47 Å². The summed E-state index contributed by atoms with van der Waals surface area (Å²) >= 11 is 6.27. The van der Waals surface area contributed by atoms with Crippen molar-refractivity contribution in [2.45, 2.75) is 25.9 Å². The van der Waals surface area contributed by atoms with Gasteiger partial charge in [0.2, 0.25) is 0 Å². The van der Waals surface area contributed by atoms with E-state index >= 15 is 0 Å². The number of carbonyl (C=O) groups is 1. The van der Waals surface area contributed by atoms with Gasteiger partial charge in [-0.15, -0.1) is 0 Å². The van der Waals surface area contributed by atoms with Crippen molar-refractivity contribution in [1.29, 1.82) is 0 Å². The van der Waals surface area contributed by atoms with Crippen molar-refractivity contribution in [2.75, 3.05) is 0 Å². The number of alkyl halides is 3. The Morgan fingerprint density at radius 3 is 2.35 bits per heavy atom. The van der Waals surface area contributed by atoms with Gasteiger partial charge in [0.15, 0.2) is 0 Å². The zero-order chi connectivity index (χ0) is 26.6. The predicted octanol–water partition coefficient (Wildman–Crippen LogP) is 8.33. The molecular weight excluding hydrogens is 507 g/mol. The number of ether oxygens (including phenoxy) is 2. The Labute approximate surface area is 216 Å². The molecule has 9 heteroatoms. The number of carboxylic acid groups (broad SMARTS) is 1. The lowest BCUT2D eigenvalue weighted by Gasteiger charge is -2.15. The van der Waals surface area contributed by atoms with E-state index < -0.39 is 17.7 Å². The number of aliphatic carboxylic acids is 1. The highest BCUT2D eigenvalue weighted by Crippen LogP contribution is 2.40. The van der Waals surface area contributed by atoms with Crippen LogP contribution in [0.1, 0.15) is 23.1 Å². The van der Waals surface area contributed by atoms with Crippen LogP contribution in [0.15, 0.2) is 79.0 Å². The summed E-state index contributed by atoms with van der Waals surface area (Å²) in [6, 6.07) is 18.1.